The molecule has 6 aliphatic rings. The van der Waals surface area contributed by atoms with E-state index in [-0.39, 0.29) is 42.4 Å². The monoisotopic (exact) mass is 861 g/mol. The zero-order chi connectivity index (χ0) is 43.9. The Bertz CT molecular complexity index is 1720. The van der Waals surface area contributed by atoms with Crippen molar-refractivity contribution in [1.29, 1.82) is 0 Å². The number of methoxy groups -OCH3 is 2. The third-order valence-corrected chi connectivity index (χ3v) is 16.2. The van der Waals surface area contributed by atoms with E-state index in [0.29, 0.717) is 39.3 Å². The lowest BCUT2D eigenvalue weighted by atomic mass is 9.72. The van der Waals surface area contributed by atoms with Crippen LogP contribution in [0.1, 0.15) is 102 Å². The number of piperazine rings is 2. The topological polar surface area (TPSA) is 114 Å². The molecular formula is C49H76N6O7. The standard InChI is InChI=1S/C49H76N6O7/c1-33(56)48(3)31-52(27-39(48)35-17-19-41(59-7)43(25-35)61-37-13-9-10-14-37)45-29-50(5)21-23-54(45)47(58)55-24-22-51(6)30-46(55)53-28-40(49(4,32-53)34(2)57)36-18-20-42(60-8)44(26-36)62-38-15-11-12-16-38/h17-20,25-26,33-34,37-40,45-46,56-57H,9-16,21-24,27-32H2,1-8H3/t33-,34-,39?,40?,45?,46?,48+,49+/m1/s1. The first-order valence-electron chi connectivity index (χ1n) is 23.7. The van der Waals surface area contributed by atoms with Crippen molar-refractivity contribution in [2.45, 2.75) is 128 Å². The highest BCUT2D eigenvalue weighted by atomic mass is 16.5. The highest BCUT2D eigenvalue weighted by Gasteiger charge is 2.53. The largest absolute Gasteiger partial charge is 0.493 e. The number of carbonyl (C=O) groups excluding carboxylic acids is 1. The van der Waals surface area contributed by atoms with E-state index in [2.05, 4.69) is 81.6 Å². The van der Waals surface area contributed by atoms with Crippen LogP contribution in [-0.2, 0) is 0 Å². The lowest BCUT2D eigenvalue weighted by Gasteiger charge is -2.50. The van der Waals surface area contributed by atoms with Gasteiger partial charge in [0.2, 0.25) is 0 Å². The summed E-state index contributed by atoms with van der Waals surface area (Å²) in [5.74, 6) is 3.06. The van der Waals surface area contributed by atoms with Gasteiger partial charge in [0.1, 0.15) is 0 Å². The molecule has 4 aliphatic heterocycles. The Balaban J connectivity index is 1.05. The molecule has 6 fully saturated rings. The molecule has 13 nitrogen and oxygen atoms in total. The van der Waals surface area contributed by atoms with E-state index in [9.17, 15) is 10.2 Å². The fourth-order valence-corrected chi connectivity index (χ4v) is 11.8. The predicted molar refractivity (Wildman–Crippen MR) is 241 cm³/mol. The molecule has 344 valence electrons. The molecule has 4 unspecified atom stereocenters. The van der Waals surface area contributed by atoms with Gasteiger partial charge in [0.15, 0.2) is 23.0 Å². The van der Waals surface area contributed by atoms with Crippen molar-refractivity contribution in [3.05, 3.63) is 47.5 Å². The number of likely N-dealkylation sites (N-methyl/N-ethyl adjacent to an activating group) is 2. The lowest BCUT2D eigenvalue weighted by Crippen LogP contribution is -2.68. The summed E-state index contributed by atoms with van der Waals surface area (Å²) >= 11 is 0. The average Bonchev–Trinajstić information content (AvgIpc) is 4.09. The zero-order valence-electron chi connectivity index (χ0n) is 38.9. The van der Waals surface area contributed by atoms with Crippen molar-refractivity contribution >= 4 is 6.03 Å². The molecule has 0 aromatic heterocycles. The van der Waals surface area contributed by atoms with Crippen molar-refractivity contribution in [1.82, 2.24) is 29.4 Å². The summed E-state index contributed by atoms with van der Waals surface area (Å²) in [7, 11) is 7.69. The number of ether oxygens (including phenoxy) is 4. The maximum absolute atomic E-state index is 15.4. The Morgan fingerprint density at radius 3 is 1.35 bits per heavy atom. The van der Waals surface area contributed by atoms with Gasteiger partial charge in [-0.3, -0.25) is 9.80 Å². The summed E-state index contributed by atoms with van der Waals surface area (Å²) in [5, 5.41) is 23.1. The van der Waals surface area contributed by atoms with Crippen LogP contribution in [0.4, 0.5) is 4.79 Å². The predicted octanol–water partition coefficient (Wildman–Crippen LogP) is 5.89. The van der Waals surface area contributed by atoms with Crippen LogP contribution in [-0.4, -0.2) is 176 Å². The number of urea groups is 1. The molecule has 2 aromatic rings. The highest BCUT2D eigenvalue weighted by molar-refractivity contribution is 5.75. The summed E-state index contributed by atoms with van der Waals surface area (Å²) in [6, 6.07) is 12.7. The van der Waals surface area contributed by atoms with E-state index in [1.807, 2.05) is 26.0 Å². The van der Waals surface area contributed by atoms with Crippen molar-refractivity contribution < 1.29 is 34.0 Å². The van der Waals surface area contributed by atoms with Crippen molar-refractivity contribution in [2.75, 3.05) is 93.8 Å². The van der Waals surface area contributed by atoms with Crippen LogP contribution in [0, 0.1) is 10.8 Å². The van der Waals surface area contributed by atoms with Gasteiger partial charge in [-0.25, -0.2) is 4.79 Å². The highest BCUT2D eigenvalue weighted by Crippen LogP contribution is 2.50. The first kappa shape index (κ1) is 45.2. The number of benzene rings is 2. The summed E-state index contributed by atoms with van der Waals surface area (Å²) in [6.07, 6.45) is 7.88. The number of nitrogens with zero attached hydrogens (tertiary/aromatic N) is 6. The first-order valence-corrected chi connectivity index (χ1v) is 23.7. The Kier molecular flexibility index (Phi) is 13.6. The number of hydrogen-bond donors (Lipinski definition) is 2. The van der Waals surface area contributed by atoms with E-state index in [4.69, 9.17) is 18.9 Å². The van der Waals surface area contributed by atoms with Crippen molar-refractivity contribution in [3.63, 3.8) is 0 Å². The molecule has 4 heterocycles. The number of hydrogen-bond acceptors (Lipinski definition) is 11. The van der Waals surface area contributed by atoms with Crippen molar-refractivity contribution in [3.8, 4) is 23.0 Å². The summed E-state index contributed by atoms with van der Waals surface area (Å²) in [6.45, 7) is 15.2. The van der Waals surface area contributed by atoms with Gasteiger partial charge in [0, 0.05) is 88.1 Å². The second-order valence-electron chi connectivity index (χ2n) is 20.4. The number of carbonyl (C=O) groups is 1. The number of aliphatic hydroxyl groups excluding tert-OH is 2. The second kappa shape index (κ2) is 18.6. The van der Waals surface area contributed by atoms with Crippen LogP contribution in [0.3, 0.4) is 0 Å². The number of likely N-dealkylation sites (tertiary alicyclic amines) is 2. The molecule has 2 aromatic carbocycles. The molecule has 13 heteroatoms. The van der Waals surface area contributed by atoms with Gasteiger partial charge in [-0.15, -0.1) is 0 Å². The number of amides is 2. The van der Waals surface area contributed by atoms with E-state index >= 15 is 4.79 Å². The number of rotatable bonds is 12. The Hall–Kier alpha value is -3.33. The van der Waals surface area contributed by atoms with Gasteiger partial charge < -0.3 is 48.8 Å². The van der Waals surface area contributed by atoms with E-state index in [1.54, 1.807) is 14.2 Å². The molecular weight excluding hydrogens is 785 g/mol. The van der Waals surface area contributed by atoms with Crippen LogP contribution in [0.25, 0.3) is 0 Å². The van der Waals surface area contributed by atoms with E-state index in [1.165, 1.54) is 25.7 Å². The van der Waals surface area contributed by atoms with Gasteiger partial charge in [0.05, 0.1) is 51.0 Å². The maximum Gasteiger partial charge on any atom is 0.322 e. The maximum atomic E-state index is 15.4. The van der Waals surface area contributed by atoms with Gasteiger partial charge in [-0.2, -0.15) is 0 Å². The van der Waals surface area contributed by atoms with Crippen LogP contribution >= 0.6 is 0 Å². The zero-order valence-corrected chi connectivity index (χ0v) is 38.9. The van der Waals surface area contributed by atoms with Gasteiger partial charge >= 0.3 is 6.03 Å². The van der Waals surface area contributed by atoms with Gasteiger partial charge in [-0.1, -0.05) is 26.0 Å². The molecule has 2 N–H and O–H groups in total. The Labute approximate surface area is 371 Å². The molecule has 0 spiro atoms. The first-order chi connectivity index (χ1) is 29.7. The lowest BCUT2D eigenvalue weighted by molar-refractivity contribution is -0.0350. The quantitative estimate of drug-likeness (QED) is 0.267. The third-order valence-electron chi connectivity index (χ3n) is 16.2. The minimum absolute atomic E-state index is 0.0154. The smallest absolute Gasteiger partial charge is 0.322 e. The van der Waals surface area contributed by atoms with Crippen LogP contribution in [0.5, 0.6) is 23.0 Å². The van der Waals surface area contributed by atoms with Crippen LogP contribution < -0.4 is 18.9 Å². The van der Waals surface area contributed by atoms with Crippen LogP contribution in [0.2, 0.25) is 0 Å². The molecule has 0 radical (unpaired) electrons. The van der Waals surface area contributed by atoms with E-state index in [0.717, 1.165) is 86.0 Å². The molecule has 62 heavy (non-hydrogen) atoms. The normalized spacial score (nSPS) is 32.1. The fourth-order valence-electron chi connectivity index (χ4n) is 11.8. The fraction of sp³-hybridized carbons (Fsp3) is 0.735. The summed E-state index contributed by atoms with van der Waals surface area (Å²) in [5.41, 5.74) is 1.34. The minimum atomic E-state index is -0.575. The molecule has 2 aliphatic carbocycles. The number of aliphatic hydroxyl groups is 2. The average molecular weight is 861 g/mol. The molecule has 2 saturated carbocycles. The second-order valence-corrected chi connectivity index (χ2v) is 20.4. The van der Waals surface area contributed by atoms with E-state index < -0.39 is 23.0 Å². The van der Waals surface area contributed by atoms with Crippen LogP contribution in [0.15, 0.2) is 36.4 Å². The molecule has 2 amide bonds. The SMILES string of the molecule is COc1ccc(C2CN(C3CN(C)CCN3C(=O)N3CCN(C)CC3N3CC(c4ccc(OC)c(OC5CCCC5)c4)[C@](C)([C@@H](C)O)C3)C[C@@]2(C)[C@@H](C)O)cc1OC1CCCC1. The molecule has 4 saturated heterocycles. The minimum Gasteiger partial charge on any atom is -0.493 e. The molecule has 8 rings (SSSR count). The molecule has 8 atom stereocenters. The van der Waals surface area contributed by atoms with Gasteiger partial charge in [-0.05, 0) is 115 Å². The van der Waals surface area contributed by atoms with Crippen molar-refractivity contribution in [2.24, 2.45) is 10.8 Å². The summed E-state index contributed by atoms with van der Waals surface area (Å²) < 4.78 is 24.7. The Morgan fingerprint density at radius 1 is 0.613 bits per heavy atom. The third kappa shape index (κ3) is 8.88. The summed E-state index contributed by atoms with van der Waals surface area (Å²) in [4.78, 5) is 29.2. The molecule has 0 bridgehead atoms. The Morgan fingerprint density at radius 2 is 1.00 bits per heavy atom. The van der Waals surface area contributed by atoms with Gasteiger partial charge in [0.25, 0.3) is 0 Å².